The molecule has 0 saturated carbocycles. The SMILES string of the molecule is CCCCCOc1ccc(/C=c2/sc3n(c2=O)[C@H](c2cccs2)C(C(=O)OCC(C)C)=C(C)N=3)cc1. The zero-order valence-electron chi connectivity index (χ0n) is 21.2. The lowest BCUT2D eigenvalue weighted by molar-refractivity contribution is -0.140. The van der Waals surface area contributed by atoms with Crippen molar-refractivity contribution in [2.24, 2.45) is 10.9 Å². The van der Waals surface area contributed by atoms with E-state index >= 15 is 0 Å². The Morgan fingerprint density at radius 2 is 1.97 bits per heavy atom. The Hall–Kier alpha value is -2.97. The van der Waals surface area contributed by atoms with Crippen LogP contribution in [0.1, 0.15) is 63.4 Å². The van der Waals surface area contributed by atoms with Gasteiger partial charge in [-0.3, -0.25) is 9.36 Å². The highest BCUT2D eigenvalue weighted by atomic mass is 32.1. The molecule has 3 heterocycles. The fourth-order valence-corrected chi connectivity index (χ4v) is 5.84. The quantitative estimate of drug-likeness (QED) is 0.274. The van der Waals surface area contributed by atoms with Crippen molar-refractivity contribution < 1.29 is 14.3 Å². The van der Waals surface area contributed by atoms with Crippen LogP contribution in [0.15, 0.2) is 62.8 Å². The number of esters is 1. The summed E-state index contributed by atoms with van der Waals surface area (Å²) in [4.78, 5) is 32.9. The molecule has 3 aromatic rings. The van der Waals surface area contributed by atoms with Crippen molar-refractivity contribution in [3.63, 3.8) is 0 Å². The molecule has 1 aromatic carbocycles. The molecule has 36 heavy (non-hydrogen) atoms. The molecule has 0 unspecified atom stereocenters. The number of thiazole rings is 1. The Kier molecular flexibility index (Phi) is 8.59. The predicted octanol–water partition coefficient (Wildman–Crippen LogP) is 5.06. The van der Waals surface area contributed by atoms with Crippen LogP contribution in [-0.4, -0.2) is 23.8 Å². The van der Waals surface area contributed by atoms with Crippen LogP contribution in [0.3, 0.4) is 0 Å². The molecule has 190 valence electrons. The fourth-order valence-electron chi connectivity index (χ4n) is 3.97. The van der Waals surface area contributed by atoms with Gasteiger partial charge >= 0.3 is 5.97 Å². The zero-order chi connectivity index (χ0) is 25.7. The van der Waals surface area contributed by atoms with Gasteiger partial charge in [-0.1, -0.05) is 63.1 Å². The third kappa shape index (κ3) is 5.87. The van der Waals surface area contributed by atoms with E-state index in [0.29, 0.717) is 33.8 Å². The van der Waals surface area contributed by atoms with Gasteiger partial charge in [0, 0.05) is 4.88 Å². The number of benzene rings is 1. The van der Waals surface area contributed by atoms with Crippen LogP contribution in [0.2, 0.25) is 0 Å². The summed E-state index contributed by atoms with van der Waals surface area (Å²) < 4.78 is 13.6. The number of carbonyl (C=O) groups excluding carboxylic acids is 1. The van der Waals surface area contributed by atoms with Crippen molar-refractivity contribution >= 4 is 34.7 Å². The molecule has 0 N–H and O–H groups in total. The average molecular weight is 525 g/mol. The van der Waals surface area contributed by atoms with Gasteiger partial charge in [-0.05, 0) is 54.5 Å². The van der Waals surface area contributed by atoms with Crippen LogP contribution in [0.4, 0.5) is 0 Å². The fraction of sp³-hybridized carbons (Fsp3) is 0.393. The summed E-state index contributed by atoms with van der Waals surface area (Å²) >= 11 is 2.84. The Morgan fingerprint density at radius 3 is 2.64 bits per heavy atom. The first-order chi connectivity index (χ1) is 17.4. The third-order valence-electron chi connectivity index (χ3n) is 5.80. The summed E-state index contributed by atoms with van der Waals surface area (Å²) in [7, 11) is 0. The van der Waals surface area contributed by atoms with Crippen molar-refractivity contribution in [1.29, 1.82) is 0 Å². The minimum atomic E-state index is -0.554. The molecular formula is C28H32N2O4S2. The molecule has 0 spiro atoms. The molecule has 0 amide bonds. The van der Waals surface area contributed by atoms with E-state index in [1.54, 1.807) is 4.57 Å². The van der Waals surface area contributed by atoms with Crippen molar-refractivity contribution in [2.75, 3.05) is 13.2 Å². The van der Waals surface area contributed by atoms with Gasteiger partial charge in [0.15, 0.2) is 4.80 Å². The number of unbranched alkanes of at least 4 members (excludes halogenated alkanes) is 2. The molecule has 0 fully saturated rings. The molecule has 1 atom stereocenters. The van der Waals surface area contributed by atoms with E-state index in [1.165, 1.54) is 22.7 Å². The topological polar surface area (TPSA) is 69.9 Å². The van der Waals surface area contributed by atoms with Gasteiger partial charge < -0.3 is 9.47 Å². The highest BCUT2D eigenvalue weighted by Gasteiger charge is 2.34. The van der Waals surface area contributed by atoms with Crippen LogP contribution >= 0.6 is 22.7 Å². The Bertz CT molecular complexity index is 1400. The van der Waals surface area contributed by atoms with Gasteiger partial charge in [-0.2, -0.15) is 0 Å². The molecule has 8 heteroatoms. The molecule has 0 saturated heterocycles. The highest BCUT2D eigenvalue weighted by molar-refractivity contribution is 7.10. The maximum absolute atomic E-state index is 13.6. The minimum Gasteiger partial charge on any atom is -0.494 e. The summed E-state index contributed by atoms with van der Waals surface area (Å²) in [6.45, 7) is 8.98. The number of carbonyl (C=O) groups is 1. The van der Waals surface area contributed by atoms with Gasteiger partial charge in [0.1, 0.15) is 11.8 Å². The van der Waals surface area contributed by atoms with E-state index in [4.69, 9.17) is 9.47 Å². The minimum absolute atomic E-state index is 0.168. The largest absolute Gasteiger partial charge is 0.494 e. The standard InChI is InChI=1S/C28H32N2O4S2/c1-5-6-7-14-33-21-12-10-20(11-13-21)16-23-26(31)30-25(22-9-8-15-35-22)24(19(4)29-28(30)36-23)27(32)34-17-18(2)3/h8-13,15-16,18,25H,5-7,14,17H2,1-4H3/b23-16+/t25-/m1/s1. The molecule has 0 radical (unpaired) electrons. The number of ether oxygens (including phenoxy) is 2. The number of thiophene rings is 1. The van der Waals surface area contributed by atoms with Crippen molar-refractivity contribution in [3.8, 4) is 5.75 Å². The number of rotatable bonds is 10. The maximum Gasteiger partial charge on any atom is 0.338 e. The van der Waals surface area contributed by atoms with E-state index in [-0.39, 0.29) is 11.5 Å². The van der Waals surface area contributed by atoms with Crippen LogP contribution < -0.4 is 19.6 Å². The Labute approximate surface area is 219 Å². The summed E-state index contributed by atoms with van der Waals surface area (Å²) in [5, 5.41) is 1.95. The Balaban J connectivity index is 1.68. The third-order valence-corrected chi connectivity index (χ3v) is 7.70. The molecule has 1 aliphatic rings. The molecule has 2 aromatic heterocycles. The molecule has 4 rings (SSSR count). The molecule has 1 aliphatic heterocycles. The number of aromatic nitrogens is 1. The summed E-state index contributed by atoms with van der Waals surface area (Å²) in [6, 6.07) is 11.1. The molecule has 0 aliphatic carbocycles. The second-order valence-corrected chi connectivity index (χ2v) is 11.2. The molecule has 0 bridgehead atoms. The first-order valence-electron chi connectivity index (χ1n) is 12.3. The molecule has 6 nitrogen and oxygen atoms in total. The van der Waals surface area contributed by atoms with E-state index in [9.17, 15) is 9.59 Å². The van der Waals surface area contributed by atoms with Crippen molar-refractivity contribution in [3.05, 3.63) is 83.2 Å². The second-order valence-electron chi connectivity index (χ2n) is 9.21. The van der Waals surface area contributed by atoms with Gasteiger partial charge in [0.05, 0.1) is 29.0 Å². The van der Waals surface area contributed by atoms with E-state index in [1.807, 2.05) is 68.6 Å². The number of hydrogen-bond donors (Lipinski definition) is 0. The summed E-state index contributed by atoms with van der Waals surface area (Å²) in [5.74, 6) is 0.610. The smallest absolute Gasteiger partial charge is 0.338 e. The molecular weight excluding hydrogens is 492 g/mol. The number of hydrogen-bond acceptors (Lipinski definition) is 7. The van der Waals surface area contributed by atoms with Gasteiger partial charge in [0.25, 0.3) is 5.56 Å². The summed E-state index contributed by atoms with van der Waals surface area (Å²) in [5.41, 5.74) is 1.74. The lowest BCUT2D eigenvalue weighted by Crippen LogP contribution is -2.39. The number of fused-ring (bicyclic) bond motifs is 1. The van der Waals surface area contributed by atoms with Crippen molar-refractivity contribution in [1.82, 2.24) is 4.57 Å². The lowest BCUT2D eigenvalue weighted by atomic mass is 10.0. The second kappa shape index (κ2) is 11.8. The van der Waals surface area contributed by atoms with Crippen LogP contribution in [0.25, 0.3) is 6.08 Å². The highest BCUT2D eigenvalue weighted by Crippen LogP contribution is 2.33. The van der Waals surface area contributed by atoms with Crippen LogP contribution in [0, 0.1) is 5.92 Å². The lowest BCUT2D eigenvalue weighted by Gasteiger charge is -2.23. The zero-order valence-corrected chi connectivity index (χ0v) is 22.8. The van der Waals surface area contributed by atoms with E-state index in [0.717, 1.165) is 35.5 Å². The summed E-state index contributed by atoms with van der Waals surface area (Å²) in [6.07, 6.45) is 5.22. The predicted molar refractivity (Wildman–Crippen MR) is 145 cm³/mol. The first kappa shape index (κ1) is 26.1. The number of allylic oxidation sites excluding steroid dienone is 1. The monoisotopic (exact) mass is 524 g/mol. The van der Waals surface area contributed by atoms with Crippen molar-refractivity contribution in [2.45, 2.75) is 53.0 Å². The average Bonchev–Trinajstić information content (AvgIpc) is 3.49. The van der Waals surface area contributed by atoms with Gasteiger partial charge in [-0.25, -0.2) is 9.79 Å². The van der Waals surface area contributed by atoms with Gasteiger partial charge in [-0.15, -0.1) is 11.3 Å². The first-order valence-corrected chi connectivity index (χ1v) is 14.0. The Morgan fingerprint density at radius 1 is 1.19 bits per heavy atom. The number of nitrogens with zero attached hydrogens (tertiary/aromatic N) is 2. The van der Waals surface area contributed by atoms with Gasteiger partial charge in [0.2, 0.25) is 0 Å². The van der Waals surface area contributed by atoms with E-state index in [2.05, 4.69) is 11.9 Å². The normalized spacial score (nSPS) is 15.7. The van der Waals surface area contributed by atoms with Crippen LogP contribution in [-0.2, 0) is 9.53 Å². The maximum atomic E-state index is 13.6. The van der Waals surface area contributed by atoms with E-state index < -0.39 is 12.0 Å². The van der Waals surface area contributed by atoms with Crippen LogP contribution in [0.5, 0.6) is 5.75 Å².